The molecule has 2 heterocycles. The number of nitrogen functional groups attached to an aromatic ring is 2. The highest BCUT2D eigenvalue weighted by atomic mass is 19.1. The van der Waals surface area contributed by atoms with E-state index in [1.807, 2.05) is 18.2 Å². The fourth-order valence-electron chi connectivity index (χ4n) is 3.06. The molecule has 2 aromatic carbocycles. The molecule has 4 rings (SSSR count). The van der Waals surface area contributed by atoms with Crippen LogP contribution in [0.5, 0.6) is 0 Å². The van der Waals surface area contributed by atoms with E-state index in [1.165, 1.54) is 12.1 Å². The largest absolute Gasteiger partial charge is 0.440 e. The zero-order valence-corrected chi connectivity index (χ0v) is 12.9. The summed E-state index contributed by atoms with van der Waals surface area (Å²) < 4.78 is 19.5. The van der Waals surface area contributed by atoms with Gasteiger partial charge in [-0.2, -0.15) is 0 Å². The molecule has 25 heavy (non-hydrogen) atoms. The smallest absolute Gasteiger partial charge is 0.274 e. The summed E-state index contributed by atoms with van der Waals surface area (Å²) in [5, 5.41) is 8.94. The number of H-pyrrole nitrogens is 1. The van der Waals surface area contributed by atoms with E-state index < -0.39 is 11.4 Å². The number of fused-ring (bicyclic) bond motifs is 3. The monoisotopic (exact) mass is 336 g/mol. The Balaban J connectivity index is 2.26. The standard InChI is InChI=1S/C18H13FN4O2/c19-11-6-5-8(10(7-20)15(11)21)13-14-9-3-1-2-4-12(9)25-18(14)23-17(24)16(13)22/h1-7,20H,21-22H2,(H,23,24). The number of pyridine rings is 1. The first-order chi connectivity index (χ1) is 12.0. The Morgan fingerprint density at radius 1 is 1.12 bits per heavy atom. The Kier molecular flexibility index (Phi) is 3.11. The maximum Gasteiger partial charge on any atom is 0.274 e. The number of nitrogens with one attached hydrogen (secondary N) is 2. The first-order valence-corrected chi connectivity index (χ1v) is 7.44. The van der Waals surface area contributed by atoms with Crippen molar-refractivity contribution in [1.82, 2.24) is 4.98 Å². The molecule has 0 atom stereocenters. The van der Waals surface area contributed by atoms with Crippen LogP contribution in [0.25, 0.3) is 33.2 Å². The van der Waals surface area contributed by atoms with Crippen LogP contribution in [-0.2, 0) is 0 Å². The molecule has 0 radical (unpaired) electrons. The number of halogens is 1. The normalized spacial score (nSPS) is 11.2. The fraction of sp³-hybridized carbons (Fsp3) is 0. The summed E-state index contributed by atoms with van der Waals surface area (Å²) >= 11 is 0. The van der Waals surface area contributed by atoms with E-state index in [0.29, 0.717) is 22.1 Å². The summed E-state index contributed by atoms with van der Waals surface area (Å²) in [5.74, 6) is -0.640. The lowest BCUT2D eigenvalue weighted by Gasteiger charge is -2.12. The van der Waals surface area contributed by atoms with Crippen molar-refractivity contribution >= 4 is 39.7 Å². The lowest BCUT2D eigenvalue weighted by molar-refractivity contribution is 0.632. The molecule has 0 saturated carbocycles. The number of anilines is 2. The molecular formula is C18H13FN4O2. The van der Waals surface area contributed by atoms with E-state index in [2.05, 4.69) is 4.98 Å². The molecule has 4 aromatic rings. The molecule has 0 amide bonds. The predicted octanol–water partition coefficient (Wildman–Crippen LogP) is 3.24. The Bertz CT molecular complexity index is 1220. The van der Waals surface area contributed by atoms with Crippen molar-refractivity contribution in [3.8, 4) is 11.1 Å². The lowest BCUT2D eigenvalue weighted by Crippen LogP contribution is -2.13. The van der Waals surface area contributed by atoms with Gasteiger partial charge in [-0.3, -0.25) is 9.78 Å². The maximum absolute atomic E-state index is 13.8. The molecule has 0 saturated heterocycles. The van der Waals surface area contributed by atoms with Crippen molar-refractivity contribution in [2.75, 3.05) is 11.5 Å². The molecular weight excluding hydrogens is 323 g/mol. The second-order valence-electron chi connectivity index (χ2n) is 5.61. The first-order valence-electron chi connectivity index (χ1n) is 7.44. The molecule has 6 nitrogen and oxygen atoms in total. The topological polar surface area (TPSA) is 122 Å². The van der Waals surface area contributed by atoms with Crippen LogP contribution < -0.4 is 17.0 Å². The summed E-state index contributed by atoms with van der Waals surface area (Å²) in [6.07, 6.45) is 0.947. The average molecular weight is 336 g/mol. The second-order valence-corrected chi connectivity index (χ2v) is 5.61. The Hall–Kier alpha value is -3.61. The highest BCUT2D eigenvalue weighted by Gasteiger charge is 2.21. The highest BCUT2D eigenvalue weighted by Crippen LogP contribution is 2.39. The van der Waals surface area contributed by atoms with Crippen LogP contribution >= 0.6 is 0 Å². The van der Waals surface area contributed by atoms with Crippen LogP contribution in [-0.4, -0.2) is 11.2 Å². The van der Waals surface area contributed by atoms with E-state index in [9.17, 15) is 9.18 Å². The minimum atomic E-state index is -0.640. The van der Waals surface area contributed by atoms with Crippen molar-refractivity contribution < 1.29 is 8.81 Å². The minimum absolute atomic E-state index is 0.0480. The van der Waals surface area contributed by atoms with Gasteiger partial charge in [0.05, 0.1) is 11.1 Å². The summed E-state index contributed by atoms with van der Waals surface area (Å²) in [7, 11) is 0. The lowest BCUT2D eigenvalue weighted by atomic mass is 9.94. The zero-order chi connectivity index (χ0) is 17.7. The number of rotatable bonds is 2. The predicted molar refractivity (Wildman–Crippen MR) is 96.4 cm³/mol. The number of aromatic amines is 1. The summed E-state index contributed by atoms with van der Waals surface area (Å²) in [6, 6.07) is 9.89. The molecule has 2 aromatic heterocycles. The van der Waals surface area contributed by atoms with Gasteiger partial charge >= 0.3 is 0 Å². The molecule has 0 aliphatic carbocycles. The number of hydrogen-bond acceptors (Lipinski definition) is 5. The number of hydrogen-bond donors (Lipinski definition) is 4. The molecule has 7 heteroatoms. The van der Waals surface area contributed by atoms with Crippen molar-refractivity contribution in [3.63, 3.8) is 0 Å². The Morgan fingerprint density at radius 2 is 1.88 bits per heavy atom. The Morgan fingerprint density at radius 3 is 2.64 bits per heavy atom. The van der Waals surface area contributed by atoms with Crippen molar-refractivity contribution in [2.45, 2.75) is 0 Å². The Labute approximate surface area is 140 Å². The summed E-state index contributed by atoms with van der Waals surface area (Å²) in [4.78, 5) is 14.9. The van der Waals surface area contributed by atoms with Gasteiger partial charge in [0.2, 0.25) is 5.71 Å². The van der Waals surface area contributed by atoms with Gasteiger partial charge in [0.25, 0.3) is 5.56 Å². The minimum Gasteiger partial charge on any atom is -0.440 e. The van der Waals surface area contributed by atoms with Crippen LogP contribution in [0.4, 0.5) is 15.8 Å². The van der Waals surface area contributed by atoms with Gasteiger partial charge in [-0.05, 0) is 17.7 Å². The molecule has 124 valence electrons. The first kappa shape index (κ1) is 14.9. The van der Waals surface area contributed by atoms with Gasteiger partial charge in [0.15, 0.2) is 0 Å². The van der Waals surface area contributed by atoms with Crippen molar-refractivity contribution in [3.05, 3.63) is 58.1 Å². The van der Waals surface area contributed by atoms with Gasteiger partial charge in [0, 0.05) is 22.7 Å². The van der Waals surface area contributed by atoms with E-state index in [-0.39, 0.29) is 22.7 Å². The third-order valence-electron chi connectivity index (χ3n) is 4.23. The third-order valence-corrected chi connectivity index (χ3v) is 4.23. The van der Waals surface area contributed by atoms with Crippen LogP contribution in [0, 0.1) is 11.2 Å². The van der Waals surface area contributed by atoms with E-state index in [4.69, 9.17) is 21.3 Å². The molecule has 0 spiro atoms. The average Bonchev–Trinajstić information content (AvgIpc) is 2.96. The number of furan rings is 1. The second kappa shape index (κ2) is 5.20. The molecule has 0 bridgehead atoms. The van der Waals surface area contributed by atoms with Crippen LogP contribution in [0.2, 0.25) is 0 Å². The van der Waals surface area contributed by atoms with Crippen LogP contribution in [0.1, 0.15) is 5.56 Å². The van der Waals surface area contributed by atoms with Gasteiger partial charge < -0.3 is 21.3 Å². The molecule has 6 N–H and O–H groups in total. The van der Waals surface area contributed by atoms with E-state index in [1.54, 1.807) is 6.07 Å². The fourth-order valence-corrected chi connectivity index (χ4v) is 3.06. The van der Waals surface area contributed by atoms with Gasteiger partial charge in [-0.15, -0.1) is 0 Å². The van der Waals surface area contributed by atoms with Gasteiger partial charge in [0.1, 0.15) is 17.1 Å². The van der Waals surface area contributed by atoms with E-state index in [0.717, 1.165) is 11.6 Å². The molecule has 0 aliphatic heterocycles. The number of para-hydroxylation sites is 1. The quantitative estimate of drug-likeness (QED) is 0.331. The molecule has 0 fully saturated rings. The van der Waals surface area contributed by atoms with Crippen molar-refractivity contribution in [1.29, 1.82) is 5.41 Å². The highest BCUT2D eigenvalue weighted by molar-refractivity contribution is 6.15. The molecule has 0 aliphatic rings. The zero-order valence-electron chi connectivity index (χ0n) is 12.9. The summed E-state index contributed by atoms with van der Waals surface area (Å²) in [6.45, 7) is 0. The van der Waals surface area contributed by atoms with Crippen molar-refractivity contribution in [2.24, 2.45) is 0 Å². The van der Waals surface area contributed by atoms with Crippen LogP contribution in [0.15, 0.2) is 45.6 Å². The van der Waals surface area contributed by atoms with Gasteiger partial charge in [-0.1, -0.05) is 24.3 Å². The summed E-state index contributed by atoms with van der Waals surface area (Å²) in [5.41, 5.74) is 12.8. The third kappa shape index (κ3) is 2.02. The molecule has 0 unspecified atom stereocenters. The van der Waals surface area contributed by atoms with Gasteiger partial charge in [-0.25, -0.2) is 4.39 Å². The maximum atomic E-state index is 13.8. The SMILES string of the molecule is N=Cc1c(-c2c(N)c(=O)[nH]c3oc4ccccc4c23)ccc(F)c1N. The van der Waals surface area contributed by atoms with Crippen LogP contribution in [0.3, 0.4) is 0 Å². The number of nitrogens with two attached hydrogens (primary N) is 2. The number of aromatic nitrogens is 1. The van der Waals surface area contributed by atoms with E-state index >= 15 is 0 Å². The number of benzene rings is 2.